The van der Waals surface area contributed by atoms with Crippen molar-refractivity contribution in [3.63, 3.8) is 0 Å². The number of para-hydroxylation sites is 1. The molecule has 1 aliphatic heterocycles. The van der Waals surface area contributed by atoms with Gasteiger partial charge in [-0.15, -0.1) is 0 Å². The highest BCUT2D eigenvalue weighted by molar-refractivity contribution is 6.06. The summed E-state index contributed by atoms with van der Waals surface area (Å²) in [5.41, 5.74) is 3.02. The number of carbonyl (C=O) groups is 1. The molecule has 1 aromatic heterocycles. The highest BCUT2D eigenvalue weighted by Crippen LogP contribution is 2.28. The van der Waals surface area contributed by atoms with E-state index in [9.17, 15) is 13.6 Å². The average Bonchev–Trinajstić information content (AvgIpc) is 3.08. The van der Waals surface area contributed by atoms with Gasteiger partial charge in [0.2, 0.25) is 0 Å². The van der Waals surface area contributed by atoms with Gasteiger partial charge in [0.1, 0.15) is 17.3 Å². The first-order valence-corrected chi connectivity index (χ1v) is 8.20. The Morgan fingerprint density at radius 1 is 1.08 bits per heavy atom. The van der Waals surface area contributed by atoms with Crippen molar-refractivity contribution in [3.8, 4) is 0 Å². The number of amides is 1. The van der Waals surface area contributed by atoms with Crippen LogP contribution in [0.5, 0.6) is 0 Å². The van der Waals surface area contributed by atoms with Gasteiger partial charge in [-0.1, -0.05) is 18.2 Å². The molecule has 4 nitrogen and oxygen atoms in total. The molecule has 6 heteroatoms. The zero-order valence-corrected chi connectivity index (χ0v) is 13.7. The largest absolute Gasteiger partial charge is 0.352 e. The second-order valence-corrected chi connectivity index (χ2v) is 6.02. The number of anilines is 3. The number of nitrogens with zero attached hydrogens (tertiary/aromatic N) is 2. The Bertz CT molecular complexity index is 973. The third kappa shape index (κ3) is 3.01. The second-order valence-electron chi connectivity index (χ2n) is 6.02. The van der Waals surface area contributed by atoms with Gasteiger partial charge in [-0.2, -0.15) is 0 Å². The zero-order valence-electron chi connectivity index (χ0n) is 13.7. The predicted molar refractivity (Wildman–Crippen MR) is 95.7 cm³/mol. The fourth-order valence-electron chi connectivity index (χ4n) is 3.03. The highest BCUT2D eigenvalue weighted by Gasteiger charge is 2.25. The maximum absolute atomic E-state index is 13.7. The van der Waals surface area contributed by atoms with Crippen LogP contribution >= 0.6 is 0 Å². The van der Waals surface area contributed by atoms with Crippen molar-refractivity contribution in [1.29, 1.82) is 0 Å². The van der Waals surface area contributed by atoms with E-state index in [4.69, 9.17) is 0 Å². The lowest BCUT2D eigenvalue weighted by molar-refractivity contribution is 0.0984. The second kappa shape index (κ2) is 6.55. The molecule has 1 amide bonds. The van der Waals surface area contributed by atoms with Crippen LogP contribution in [0, 0.1) is 11.6 Å². The number of rotatable bonds is 3. The van der Waals surface area contributed by atoms with E-state index in [1.54, 1.807) is 17.0 Å². The van der Waals surface area contributed by atoms with E-state index in [1.807, 2.05) is 24.3 Å². The predicted octanol–water partition coefficient (Wildman–Crippen LogP) is 4.31. The standard InChI is InChI=1S/C20H15F2N3O/c21-14-5-7-17(16(22)11-14)24-15-6-8-18(23-12-15)20(26)25-10-9-13-3-1-2-4-19(13)25/h1-8,11-12,24H,9-10H2. The van der Waals surface area contributed by atoms with Gasteiger partial charge in [0, 0.05) is 18.3 Å². The molecule has 26 heavy (non-hydrogen) atoms. The maximum Gasteiger partial charge on any atom is 0.276 e. The van der Waals surface area contributed by atoms with Crippen LogP contribution in [-0.2, 0) is 6.42 Å². The number of fused-ring (bicyclic) bond motifs is 1. The molecule has 0 spiro atoms. The van der Waals surface area contributed by atoms with Crippen LogP contribution in [0.2, 0.25) is 0 Å². The minimum atomic E-state index is -0.696. The number of carbonyl (C=O) groups excluding carboxylic acids is 1. The molecular weight excluding hydrogens is 336 g/mol. The number of pyridine rings is 1. The fraction of sp³-hybridized carbons (Fsp3) is 0.100. The summed E-state index contributed by atoms with van der Waals surface area (Å²) >= 11 is 0. The van der Waals surface area contributed by atoms with Crippen LogP contribution < -0.4 is 10.2 Å². The van der Waals surface area contributed by atoms with Crippen LogP contribution in [0.3, 0.4) is 0 Å². The quantitative estimate of drug-likeness (QED) is 0.765. The lowest BCUT2D eigenvalue weighted by Gasteiger charge is -2.17. The molecule has 0 aliphatic carbocycles. The van der Waals surface area contributed by atoms with E-state index in [1.165, 1.54) is 18.3 Å². The van der Waals surface area contributed by atoms with Gasteiger partial charge < -0.3 is 10.2 Å². The SMILES string of the molecule is O=C(c1ccc(Nc2ccc(F)cc2F)cn1)N1CCc2ccccc21. The number of hydrogen-bond donors (Lipinski definition) is 1. The molecular formula is C20H15F2N3O. The van der Waals surface area contributed by atoms with Crippen molar-refractivity contribution < 1.29 is 13.6 Å². The summed E-state index contributed by atoms with van der Waals surface area (Å²) in [6.45, 7) is 0.626. The van der Waals surface area contributed by atoms with Crippen molar-refractivity contribution in [1.82, 2.24) is 4.98 Å². The molecule has 0 unspecified atom stereocenters. The van der Waals surface area contributed by atoms with Gasteiger partial charge in [0.25, 0.3) is 5.91 Å². The Balaban J connectivity index is 1.52. The Kier molecular flexibility index (Phi) is 4.08. The maximum atomic E-state index is 13.7. The zero-order chi connectivity index (χ0) is 18.1. The number of halogens is 2. The summed E-state index contributed by atoms with van der Waals surface area (Å²) in [6, 6.07) is 14.3. The summed E-state index contributed by atoms with van der Waals surface area (Å²) in [5, 5.41) is 2.82. The first-order valence-electron chi connectivity index (χ1n) is 8.20. The molecule has 1 aliphatic rings. The number of aromatic nitrogens is 1. The Hall–Kier alpha value is -3.28. The highest BCUT2D eigenvalue weighted by atomic mass is 19.1. The van der Waals surface area contributed by atoms with Crippen LogP contribution in [0.1, 0.15) is 16.1 Å². The summed E-state index contributed by atoms with van der Waals surface area (Å²) < 4.78 is 26.7. The van der Waals surface area contributed by atoms with Gasteiger partial charge in [-0.05, 0) is 42.3 Å². The third-order valence-corrected chi connectivity index (χ3v) is 4.33. The molecule has 1 N–H and O–H groups in total. The Labute approximate surface area is 149 Å². The van der Waals surface area contributed by atoms with Gasteiger partial charge in [0.05, 0.1) is 17.6 Å². The molecule has 0 saturated heterocycles. The molecule has 0 atom stereocenters. The van der Waals surface area contributed by atoms with Crippen LogP contribution in [0.25, 0.3) is 0 Å². The van der Waals surface area contributed by atoms with E-state index in [0.717, 1.165) is 23.7 Å². The van der Waals surface area contributed by atoms with E-state index >= 15 is 0 Å². The molecule has 2 heterocycles. The minimum absolute atomic E-state index is 0.140. The summed E-state index contributed by atoms with van der Waals surface area (Å²) in [5.74, 6) is -1.51. The molecule has 0 radical (unpaired) electrons. The van der Waals surface area contributed by atoms with Crippen molar-refractivity contribution in [2.45, 2.75) is 6.42 Å². The Morgan fingerprint density at radius 3 is 2.69 bits per heavy atom. The van der Waals surface area contributed by atoms with Gasteiger partial charge >= 0.3 is 0 Å². The van der Waals surface area contributed by atoms with E-state index < -0.39 is 11.6 Å². The molecule has 0 bridgehead atoms. The molecule has 3 aromatic rings. The third-order valence-electron chi connectivity index (χ3n) is 4.33. The molecule has 4 rings (SSSR count). The lowest BCUT2D eigenvalue weighted by atomic mass is 10.2. The summed E-state index contributed by atoms with van der Waals surface area (Å²) in [6.07, 6.45) is 2.28. The van der Waals surface area contributed by atoms with Crippen molar-refractivity contribution >= 4 is 23.0 Å². The monoisotopic (exact) mass is 351 g/mol. The normalized spacial score (nSPS) is 12.8. The van der Waals surface area contributed by atoms with E-state index in [-0.39, 0.29) is 11.6 Å². The van der Waals surface area contributed by atoms with Crippen LogP contribution in [-0.4, -0.2) is 17.4 Å². The van der Waals surface area contributed by atoms with Crippen molar-refractivity contribution in [3.05, 3.63) is 83.7 Å². The average molecular weight is 351 g/mol. The number of hydrogen-bond acceptors (Lipinski definition) is 3. The van der Waals surface area contributed by atoms with E-state index in [0.29, 0.717) is 17.9 Å². The fourth-order valence-corrected chi connectivity index (χ4v) is 3.03. The van der Waals surface area contributed by atoms with Crippen LogP contribution in [0.4, 0.5) is 25.8 Å². The van der Waals surface area contributed by atoms with Gasteiger partial charge in [0.15, 0.2) is 0 Å². The Morgan fingerprint density at radius 2 is 1.92 bits per heavy atom. The molecule has 2 aromatic carbocycles. The van der Waals surface area contributed by atoms with Crippen LogP contribution in [0.15, 0.2) is 60.8 Å². The smallest absolute Gasteiger partial charge is 0.276 e. The summed E-state index contributed by atoms with van der Waals surface area (Å²) in [7, 11) is 0. The summed E-state index contributed by atoms with van der Waals surface area (Å²) in [4.78, 5) is 18.6. The van der Waals surface area contributed by atoms with Crippen molar-refractivity contribution in [2.75, 3.05) is 16.8 Å². The lowest BCUT2D eigenvalue weighted by Crippen LogP contribution is -2.29. The first-order chi connectivity index (χ1) is 12.6. The van der Waals surface area contributed by atoms with Crippen molar-refractivity contribution in [2.24, 2.45) is 0 Å². The van der Waals surface area contributed by atoms with Gasteiger partial charge in [-0.3, -0.25) is 4.79 Å². The molecule has 0 saturated carbocycles. The minimum Gasteiger partial charge on any atom is -0.352 e. The number of nitrogens with one attached hydrogen (secondary N) is 1. The topological polar surface area (TPSA) is 45.2 Å². The first kappa shape index (κ1) is 16.2. The molecule has 130 valence electrons. The van der Waals surface area contributed by atoms with E-state index in [2.05, 4.69) is 10.3 Å². The molecule has 0 fully saturated rings. The van der Waals surface area contributed by atoms with Gasteiger partial charge in [-0.25, -0.2) is 13.8 Å². The number of benzene rings is 2.